The minimum atomic E-state index is -0.473. The van der Waals surface area contributed by atoms with Crippen molar-refractivity contribution in [3.8, 4) is 83.7 Å². The topological polar surface area (TPSA) is 4.93 Å². The van der Waals surface area contributed by atoms with Gasteiger partial charge in [0.15, 0.2) is 0 Å². The van der Waals surface area contributed by atoms with Crippen molar-refractivity contribution >= 4 is 21.5 Å². The Bertz CT molecular complexity index is 4740. The smallest absolute Gasteiger partial charge is 0.0725 e. The van der Waals surface area contributed by atoms with Crippen molar-refractivity contribution in [1.29, 1.82) is 0 Å². The minimum absolute atomic E-state index is 0.318. The first kappa shape index (κ1) is 45.1. The average molecular weight is 1030 g/mol. The van der Waals surface area contributed by atoms with Gasteiger partial charge in [0, 0.05) is 17.3 Å². The van der Waals surface area contributed by atoms with E-state index in [9.17, 15) is 0 Å². The summed E-state index contributed by atoms with van der Waals surface area (Å²) in [5.74, 6) is 0.318. The fraction of sp³-hybridized carbons (Fsp3) is 0.0750. The lowest BCUT2D eigenvalue weighted by Gasteiger charge is -2.31. The van der Waals surface area contributed by atoms with E-state index >= 15 is 0 Å². The third kappa shape index (κ3) is 5.90. The molecule has 18 rings (SSSR count). The van der Waals surface area contributed by atoms with Crippen LogP contribution in [0.4, 0.5) is 0 Å². The van der Waals surface area contributed by atoms with Gasteiger partial charge in [0.2, 0.25) is 0 Å². The number of hydrogen-bond acceptors (Lipinski definition) is 0. The molecule has 0 amide bonds. The van der Waals surface area contributed by atoms with Crippen LogP contribution in [-0.2, 0) is 10.8 Å². The highest BCUT2D eigenvalue weighted by Crippen LogP contribution is 2.65. The van der Waals surface area contributed by atoms with Crippen LogP contribution in [0.1, 0.15) is 75.4 Å². The van der Waals surface area contributed by atoms with Crippen LogP contribution in [0.3, 0.4) is 0 Å². The van der Waals surface area contributed by atoms with E-state index in [2.05, 4.69) is 284 Å². The number of benzene rings is 12. The van der Waals surface area contributed by atoms with E-state index in [1.165, 1.54) is 162 Å². The lowest BCUT2D eigenvalue weighted by Crippen LogP contribution is -2.25. The lowest BCUT2D eigenvalue weighted by atomic mass is 9.70. The highest BCUT2D eigenvalue weighted by molar-refractivity contribution is 6.22. The first-order valence-corrected chi connectivity index (χ1v) is 29.0. The number of aromatic nitrogens is 1. The van der Waals surface area contributed by atoms with Gasteiger partial charge < -0.3 is 4.57 Å². The summed E-state index contributed by atoms with van der Waals surface area (Å²) in [4.78, 5) is 0. The Balaban J connectivity index is 0.943. The fourth-order valence-corrected chi connectivity index (χ4v) is 16.4. The van der Waals surface area contributed by atoms with Gasteiger partial charge in [-0.15, -0.1) is 0 Å². The molecule has 0 aliphatic heterocycles. The predicted octanol–water partition coefficient (Wildman–Crippen LogP) is 20.3. The highest BCUT2D eigenvalue weighted by atomic mass is 15.0. The molecule has 1 unspecified atom stereocenters. The molecule has 12 aromatic carbocycles. The van der Waals surface area contributed by atoms with Crippen LogP contribution in [0.25, 0.3) is 105 Å². The maximum Gasteiger partial charge on any atom is 0.0725 e. The van der Waals surface area contributed by atoms with E-state index in [-0.39, 0.29) is 0 Å². The molecule has 1 heterocycles. The average Bonchev–Trinajstić information content (AvgIpc) is 2.99. The standard InChI is InChI=1S/C80H53N/c1-3-21-50(22-4-1)75-45-46-76(51-23-5-2-6-24-51)81(75)54-41-44-65-66(49-54)78(53-40-43-62-60-30-14-20-38-72(60)80(74(62)48-53)69-35-17-11-27-57(69)58-28-12-18-36-70(58)80)64-32-8-7-31-63(64)77(65)52-39-42-61-59-29-13-19-37-71(59)79(73(61)47-52)67-33-15-9-25-55(67)56-26-10-16-34-68(56)79/h1,3-5,7-23,25-49,51H,2,6,24H2. The molecule has 2 spiro atoms. The number of hydrogen-bond donors (Lipinski definition) is 0. The second-order valence-electron chi connectivity index (χ2n) is 23.1. The van der Waals surface area contributed by atoms with Gasteiger partial charge in [0.1, 0.15) is 0 Å². The van der Waals surface area contributed by atoms with Crippen molar-refractivity contribution < 1.29 is 0 Å². The normalized spacial score (nSPS) is 15.8. The summed E-state index contributed by atoms with van der Waals surface area (Å²) >= 11 is 0. The van der Waals surface area contributed by atoms with Crippen LogP contribution in [0.2, 0.25) is 0 Å². The SMILES string of the molecule is C1=CC(c2ccc(-c3ccccc3)n2-c2ccc3c(-c4ccc5c(c4)C4(c6ccccc6-c6ccccc64)c4ccccc4-5)c4ccccc4c(-c4ccc5c(c4)C4(c6ccccc6-c6ccccc64)c4ccccc4-5)c3c2)CCC1. The van der Waals surface area contributed by atoms with Gasteiger partial charge in [-0.25, -0.2) is 0 Å². The molecule has 5 aliphatic rings. The molecule has 1 heteroatoms. The zero-order valence-electron chi connectivity index (χ0n) is 44.7. The van der Waals surface area contributed by atoms with Gasteiger partial charge >= 0.3 is 0 Å². The third-order valence-electron chi connectivity index (χ3n) is 19.5. The van der Waals surface area contributed by atoms with Gasteiger partial charge in [-0.3, -0.25) is 0 Å². The van der Waals surface area contributed by atoms with Crippen molar-refractivity contribution in [2.75, 3.05) is 0 Å². The summed E-state index contributed by atoms with van der Waals surface area (Å²) in [5.41, 5.74) is 30.3. The Morgan fingerprint density at radius 1 is 0.309 bits per heavy atom. The molecular formula is C80H53N. The van der Waals surface area contributed by atoms with Crippen LogP contribution in [0.5, 0.6) is 0 Å². The fourth-order valence-electron chi connectivity index (χ4n) is 16.4. The Kier molecular flexibility index (Phi) is 9.38. The summed E-state index contributed by atoms with van der Waals surface area (Å²) < 4.78 is 2.58. The molecule has 0 N–H and O–H groups in total. The summed E-state index contributed by atoms with van der Waals surface area (Å²) in [7, 11) is 0. The quantitative estimate of drug-likeness (QED) is 0.120. The maximum absolute atomic E-state index is 2.59. The van der Waals surface area contributed by atoms with Gasteiger partial charge in [0.25, 0.3) is 0 Å². The third-order valence-corrected chi connectivity index (χ3v) is 19.5. The first-order valence-electron chi connectivity index (χ1n) is 29.0. The van der Waals surface area contributed by atoms with Crippen LogP contribution in [-0.4, -0.2) is 4.57 Å². The Morgan fingerprint density at radius 2 is 0.716 bits per heavy atom. The van der Waals surface area contributed by atoms with Crippen LogP contribution >= 0.6 is 0 Å². The number of allylic oxidation sites excluding steroid dienone is 2. The van der Waals surface area contributed by atoms with Crippen molar-refractivity contribution in [3.63, 3.8) is 0 Å². The highest BCUT2D eigenvalue weighted by Gasteiger charge is 2.53. The second kappa shape index (κ2) is 16.9. The van der Waals surface area contributed by atoms with E-state index in [4.69, 9.17) is 0 Å². The molecule has 0 radical (unpaired) electrons. The summed E-state index contributed by atoms with van der Waals surface area (Å²) in [6.45, 7) is 0. The van der Waals surface area contributed by atoms with E-state index in [1.54, 1.807) is 0 Å². The van der Waals surface area contributed by atoms with Crippen LogP contribution in [0.15, 0.2) is 279 Å². The Labute approximate surface area is 472 Å². The van der Waals surface area contributed by atoms with Gasteiger partial charge in [-0.1, -0.05) is 243 Å². The molecule has 81 heavy (non-hydrogen) atoms. The second-order valence-corrected chi connectivity index (χ2v) is 23.1. The molecule has 1 aromatic heterocycles. The largest absolute Gasteiger partial charge is 0.313 e. The Morgan fingerprint density at radius 3 is 1.17 bits per heavy atom. The molecular weight excluding hydrogens is 975 g/mol. The lowest BCUT2D eigenvalue weighted by molar-refractivity contribution is 0.633. The maximum atomic E-state index is 2.59. The van der Waals surface area contributed by atoms with Gasteiger partial charge in [0.05, 0.1) is 16.5 Å². The monoisotopic (exact) mass is 1030 g/mol. The summed E-state index contributed by atoms with van der Waals surface area (Å²) in [6, 6.07) is 102. The van der Waals surface area contributed by atoms with Crippen molar-refractivity contribution in [1.82, 2.24) is 4.57 Å². The predicted molar refractivity (Wildman–Crippen MR) is 335 cm³/mol. The molecule has 0 saturated carbocycles. The van der Waals surface area contributed by atoms with E-state index in [0.29, 0.717) is 5.92 Å². The number of rotatable bonds is 5. The molecule has 5 aliphatic carbocycles. The zero-order valence-corrected chi connectivity index (χ0v) is 44.7. The Hall–Kier alpha value is -9.82. The molecule has 0 fully saturated rings. The van der Waals surface area contributed by atoms with Crippen molar-refractivity contribution in [2.24, 2.45) is 0 Å². The van der Waals surface area contributed by atoms with Gasteiger partial charge in [-0.2, -0.15) is 0 Å². The molecule has 1 nitrogen and oxygen atoms in total. The molecule has 13 aromatic rings. The van der Waals surface area contributed by atoms with E-state index < -0.39 is 10.8 Å². The zero-order chi connectivity index (χ0) is 53.0. The first-order chi connectivity index (χ1) is 40.2. The van der Waals surface area contributed by atoms with Crippen LogP contribution in [0, 0.1) is 0 Å². The molecule has 0 bridgehead atoms. The summed E-state index contributed by atoms with van der Waals surface area (Å²) in [5, 5.41) is 4.98. The molecule has 378 valence electrons. The number of fused-ring (bicyclic) bond motifs is 22. The molecule has 1 atom stereocenters. The van der Waals surface area contributed by atoms with Crippen LogP contribution < -0.4 is 0 Å². The molecule has 0 saturated heterocycles. The number of nitrogens with zero attached hydrogens (tertiary/aromatic N) is 1. The van der Waals surface area contributed by atoms with Crippen molar-refractivity contribution in [3.05, 3.63) is 329 Å². The summed E-state index contributed by atoms with van der Waals surface area (Å²) in [6.07, 6.45) is 8.31. The van der Waals surface area contributed by atoms with Crippen molar-refractivity contribution in [2.45, 2.75) is 36.0 Å². The minimum Gasteiger partial charge on any atom is -0.313 e. The van der Waals surface area contributed by atoms with E-state index in [0.717, 1.165) is 12.8 Å². The van der Waals surface area contributed by atoms with Gasteiger partial charge in [-0.05, 0) is 194 Å². The van der Waals surface area contributed by atoms with E-state index in [1.807, 2.05) is 0 Å².